The second-order valence-electron chi connectivity index (χ2n) is 3.07. The lowest BCUT2D eigenvalue weighted by molar-refractivity contribution is 1.00. The highest BCUT2D eigenvalue weighted by Crippen LogP contribution is 2.12. The molecule has 2 rings (SSSR count). The first-order chi connectivity index (χ1) is 6.90. The molecule has 3 nitrogen and oxygen atoms in total. The lowest BCUT2D eigenvalue weighted by Crippen LogP contribution is -1.87. The quantitative estimate of drug-likeness (QED) is 0.716. The number of nitrogens with zero attached hydrogens (tertiary/aromatic N) is 3. The standard InChI is InChI=1S/C11H9N3/c12-4-1-2-9-6-10-3-5-13-8-11(10)14-7-9/h3,5-8H,1-2H2. The van der Waals surface area contributed by atoms with Gasteiger partial charge in [-0.1, -0.05) is 0 Å². The summed E-state index contributed by atoms with van der Waals surface area (Å²) in [5, 5.41) is 9.54. The van der Waals surface area contributed by atoms with Gasteiger partial charge in [-0.3, -0.25) is 9.97 Å². The van der Waals surface area contributed by atoms with Gasteiger partial charge in [0, 0.05) is 24.2 Å². The first-order valence-electron chi connectivity index (χ1n) is 4.46. The number of nitriles is 1. The van der Waals surface area contributed by atoms with Gasteiger partial charge in [-0.15, -0.1) is 0 Å². The lowest BCUT2D eigenvalue weighted by atomic mass is 10.1. The molecule has 0 radical (unpaired) electrons. The number of rotatable bonds is 2. The Hall–Kier alpha value is -1.95. The zero-order chi connectivity index (χ0) is 9.80. The van der Waals surface area contributed by atoms with E-state index >= 15 is 0 Å². The maximum absolute atomic E-state index is 8.46. The summed E-state index contributed by atoms with van der Waals surface area (Å²) in [7, 11) is 0. The zero-order valence-electron chi connectivity index (χ0n) is 7.64. The Bertz CT molecular complexity index is 485. The van der Waals surface area contributed by atoms with Gasteiger partial charge in [0.1, 0.15) is 0 Å². The fourth-order valence-electron chi connectivity index (χ4n) is 1.35. The molecule has 0 unspecified atom stereocenters. The SMILES string of the molecule is N#CCCc1cnc2cnccc2c1. The topological polar surface area (TPSA) is 49.6 Å². The van der Waals surface area contributed by atoms with Crippen molar-refractivity contribution in [3.63, 3.8) is 0 Å². The monoisotopic (exact) mass is 183 g/mol. The maximum atomic E-state index is 8.46. The molecule has 68 valence electrons. The number of hydrogen-bond acceptors (Lipinski definition) is 3. The number of fused-ring (bicyclic) bond motifs is 1. The molecule has 0 bridgehead atoms. The molecule has 3 heteroatoms. The Labute approximate surface area is 82.0 Å². The molecule has 0 aliphatic rings. The normalized spacial score (nSPS) is 9.93. The molecule has 14 heavy (non-hydrogen) atoms. The molecule has 0 spiro atoms. The van der Waals surface area contributed by atoms with Gasteiger partial charge in [-0.05, 0) is 24.1 Å². The predicted octanol–water partition coefficient (Wildman–Crippen LogP) is 2.09. The molecule has 0 fully saturated rings. The van der Waals surface area contributed by atoms with Gasteiger partial charge >= 0.3 is 0 Å². The summed E-state index contributed by atoms with van der Waals surface area (Å²) in [6, 6.07) is 6.11. The van der Waals surface area contributed by atoms with Crippen LogP contribution in [0.2, 0.25) is 0 Å². The van der Waals surface area contributed by atoms with Crippen LogP contribution in [0.5, 0.6) is 0 Å². The Morgan fingerprint density at radius 2 is 2.29 bits per heavy atom. The minimum Gasteiger partial charge on any atom is -0.262 e. The minimum absolute atomic E-state index is 0.540. The predicted molar refractivity (Wildman–Crippen MR) is 53.5 cm³/mol. The van der Waals surface area contributed by atoms with Gasteiger partial charge < -0.3 is 0 Å². The number of hydrogen-bond donors (Lipinski definition) is 0. The Morgan fingerprint density at radius 3 is 3.14 bits per heavy atom. The molecule has 0 saturated carbocycles. The van der Waals surface area contributed by atoms with Crippen LogP contribution in [0.1, 0.15) is 12.0 Å². The summed E-state index contributed by atoms with van der Waals surface area (Å²) in [6.45, 7) is 0. The van der Waals surface area contributed by atoms with Crippen molar-refractivity contribution < 1.29 is 0 Å². The summed E-state index contributed by atoms with van der Waals surface area (Å²) in [6.07, 6.45) is 6.60. The third-order valence-electron chi connectivity index (χ3n) is 2.07. The van der Waals surface area contributed by atoms with E-state index in [4.69, 9.17) is 5.26 Å². The summed E-state index contributed by atoms with van der Waals surface area (Å²) in [5.41, 5.74) is 2.00. The van der Waals surface area contributed by atoms with Gasteiger partial charge in [-0.2, -0.15) is 5.26 Å². The average molecular weight is 183 g/mol. The van der Waals surface area contributed by atoms with E-state index in [1.165, 1.54) is 0 Å². The van der Waals surface area contributed by atoms with E-state index in [1.807, 2.05) is 6.07 Å². The Morgan fingerprint density at radius 1 is 1.36 bits per heavy atom. The van der Waals surface area contributed by atoms with Gasteiger partial charge in [-0.25, -0.2) is 0 Å². The van der Waals surface area contributed by atoms with E-state index in [1.54, 1.807) is 18.6 Å². The van der Waals surface area contributed by atoms with Crippen LogP contribution in [0.25, 0.3) is 10.9 Å². The van der Waals surface area contributed by atoms with Gasteiger partial charge in [0.2, 0.25) is 0 Å². The zero-order valence-corrected chi connectivity index (χ0v) is 7.64. The summed E-state index contributed by atoms with van der Waals surface area (Å²) >= 11 is 0. The molecule has 0 aliphatic heterocycles. The van der Waals surface area contributed by atoms with Crippen molar-refractivity contribution in [2.75, 3.05) is 0 Å². The van der Waals surface area contributed by atoms with Crippen LogP contribution in [0.4, 0.5) is 0 Å². The van der Waals surface area contributed by atoms with Crippen LogP contribution < -0.4 is 0 Å². The van der Waals surface area contributed by atoms with Crippen LogP contribution in [-0.4, -0.2) is 9.97 Å². The molecule has 2 heterocycles. The number of pyridine rings is 2. The van der Waals surface area contributed by atoms with Crippen molar-refractivity contribution in [2.45, 2.75) is 12.8 Å². The van der Waals surface area contributed by atoms with E-state index in [0.29, 0.717) is 6.42 Å². The molecule has 0 atom stereocenters. The molecule has 2 aromatic rings. The Kier molecular flexibility index (Phi) is 2.37. The fraction of sp³-hybridized carbons (Fsp3) is 0.182. The van der Waals surface area contributed by atoms with Crippen molar-refractivity contribution in [1.29, 1.82) is 5.26 Å². The van der Waals surface area contributed by atoms with Crippen molar-refractivity contribution in [1.82, 2.24) is 9.97 Å². The minimum atomic E-state index is 0.540. The smallest absolute Gasteiger partial charge is 0.0885 e. The van der Waals surface area contributed by atoms with Crippen LogP contribution in [0, 0.1) is 11.3 Å². The van der Waals surface area contributed by atoms with Crippen LogP contribution in [0.15, 0.2) is 30.7 Å². The highest BCUT2D eigenvalue weighted by atomic mass is 14.7. The second kappa shape index (κ2) is 3.84. The number of aromatic nitrogens is 2. The first-order valence-corrected chi connectivity index (χ1v) is 4.46. The lowest BCUT2D eigenvalue weighted by Gasteiger charge is -1.99. The highest BCUT2D eigenvalue weighted by Gasteiger charge is 1.96. The fourth-order valence-corrected chi connectivity index (χ4v) is 1.35. The molecule has 0 saturated heterocycles. The van der Waals surface area contributed by atoms with Crippen molar-refractivity contribution in [2.24, 2.45) is 0 Å². The maximum Gasteiger partial charge on any atom is 0.0885 e. The van der Waals surface area contributed by atoms with Crippen molar-refractivity contribution >= 4 is 10.9 Å². The largest absolute Gasteiger partial charge is 0.262 e. The van der Waals surface area contributed by atoms with Gasteiger partial charge in [0.05, 0.1) is 17.8 Å². The summed E-state index contributed by atoms with van der Waals surface area (Å²) in [5.74, 6) is 0. The van der Waals surface area contributed by atoms with E-state index < -0.39 is 0 Å². The first kappa shape index (κ1) is 8.64. The van der Waals surface area contributed by atoms with E-state index in [-0.39, 0.29) is 0 Å². The molecule has 0 amide bonds. The molecule has 0 N–H and O–H groups in total. The third kappa shape index (κ3) is 1.69. The van der Waals surface area contributed by atoms with E-state index in [0.717, 1.165) is 22.9 Å². The molecule has 2 aromatic heterocycles. The highest BCUT2D eigenvalue weighted by molar-refractivity contribution is 5.77. The summed E-state index contributed by atoms with van der Waals surface area (Å²) in [4.78, 5) is 8.25. The molecule has 0 aromatic carbocycles. The molecule has 0 aliphatic carbocycles. The average Bonchev–Trinajstić information content (AvgIpc) is 2.26. The molecular weight excluding hydrogens is 174 g/mol. The van der Waals surface area contributed by atoms with E-state index in [9.17, 15) is 0 Å². The van der Waals surface area contributed by atoms with Crippen LogP contribution >= 0.6 is 0 Å². The molecular formula is C11H9N3. The van der Waals surface area contributed by atoms with Crippen molar-refractivity contribution in [3.05, 3.63) is 36.3 Å². The van der Waals surface area contributed by atoms with Crippen molar-refractivity contribution in [3.8, 4) is 6.07 Å². The van der Waals surface area contributed by atoms with Gasteiger partial charge in [0.15, 0.2) is 0 Å². The van der Waals surface area contributed by atoms with Gasteiger partial charge in [0.25, 0.3) is 0 Å². The second-order valence-corrected chi connectivity index (χ2v) is 3.07. The van der Waals surface area contributed by atoms with E-state index in [2.05, 4.69) is 22.1 Å². The van der Waals surface area contributed by atoms with Crippen LogP contribution in [0.3, 0.4) is 0 Å². The van der Waals surface area contributed by atoms with Crippen LogP contribution in [-0.2, 0) is 6.42 Å². The summed E-state index contributed by atoms with van der Waals surface area (Å²) < 4.78 is 0. The Balaban J connectivity index is 2.37. The number of aryl methyl sites for hydroxylation is 1. The third-order valence-corrected chi connectivity index (χ3v) is 2.07.